The van der Waals surface area contributed by atoms with Gasteiger partial charge in [0.25, 0.3) is 5.65 Å². The van der Waals surface area contributed by atoms with Crippen LogP contribution in [0.3, 0.4) is 0 Å². The summed E-state index contributed by atoms with van der Waals surface area (Å²) in [5, 5.41) is 2.32. The summed E-state index contributed by atoms with van der Waals surface area (Å²) in [5.41, 5.74) is 11.4. The van der Waals surface area contributed by atoms with Crippen LogP contribution >= 0.6 is 0 Å². The van der Waals surface area contributed by atoms with Crippen molar-refractivity contribution in [2.24, 2.45) is 14.1 Å². The molecule has 0 aliphatic carbocycles. The fraction of sp³-hybridized carbons (Fsp3) is 0.194. The molecule has 0 saturated carbocycles. The van der Waals surface area contributed by atoms with Crippen LogP contribution < -0.4 is 13.9 Å². The third kappa shape index (κ3) is 3.72. The Balaban J connectivity index is 1.53. The standard InChI is InChI=1S/C36H34N4O/c1-22(2)25-13-11-18-30-34(25)35-33(36-39(6)28-16-7-8-17-29(28)40(30)36)24(4)32(21-37-35)41-31-19-12-14-26(23(31)3)27-15-9-10-20-38(27)5/h7-22H,1-6H3/q+2. The normalized spacial score (nSPS) is 11.9. The van der Waals surface area contributed by atoms with Gasteiger partial charge in [-0.15, -0.1) is 0 Å². The lowest BCUT2D eigenvalue weighted by Crippen LogP contribution is -2.30. The summed E-state index contributed by atoms with van der Waals surface area (Å²) in [4.78, 5) is 5.14. The van der Waals surface area contributed by atoms with E-state index in [-0.39, 0.29) is 0 Å². The van der Waals surface area contributed by atoms with Gasteiger partial charge in [0.2, 0.25) is 5.69 Å². The Hall–Kier alpha value is -4.77. The van der Waals surface area contributed by atoms with Crippen LogP contribution in [-0.4, -0.2) is 9.38 Å². The molecule has 0 bridgehead atoms. The number of nitrogens with zero attached hydrogens (tertiary/aromatic N) is 4. The van der Waals surface area contributed by atoms with Crippen molar-refractivity contribution >= 4 is 38.5 Å². The van der Waals surface area contributed by atoms with Crippen molar-refractivity contribution in [2.45, 2.75) is 33.6 Å². The minimum atomic E-state index is 0.359. The molecule has 0 spiro atoms. The van der Waals surface area contributed by atoms with Crippen molar-refractivity contribution < 1.29 is 13.9 Å². The van der Waals surface area contributed by atoms with Gasteiger partial charge in [-0.25, -0.2) is 9.13 Å². The van der Waals surface area contributed by atoms with Gasteiger partial charge in [-0.05, 0) is 61.7 Å². The summed E-state index contributed by atoms with van der Waals surface area (Å²) in [6.07, 6.45) is 3.98. The number of pyridine rings is 3. The van der Waals surface area contributed by atoms with Crippen LogP contribution in [-0.2, 0) is 14.1 Å². The van der Waals surface area contributed by atoms with E-state index in [1.165, 1.54) is 27.5 Å². The third-order valence-corrected chi connectivity index (χ3v) is 8.54. The number of fused-ring (bicyclic) bond motifs is 8. The first-order chi connectivity index (χ1) is 19.9. The van der Waals surface area contributed by atoms with E-state index in [9.17, 15) is 0 Å². The Bertz CT molecular complexity index is 2160. The lowest BCUT2D eigenvalue weighted by atomic mass is 9.95. The molecule has 5 heteroatoms. The van der Waals surface area contributed by atoms with Gasteiger partial charge in [0.05, 0.1) is 35.1 Å². The molecular formula is C36H34N4O+2. The number of imidazole rings is 1. The maximum atomic E-state index is 6.71. The average Bonchev–Trinajstić information content (AvgIpc) is 3.28. The van der Waals surface area contributed by atoms with E-state index in [0.29, 0.717) is 5.92 Å². The minimum Gasteiger partial charge on any atom is -0.455 e. The second-order valence-electron chi connectivity index (χ2n) is 11.3. The maximum absolute atomic E-state index is 6.71. The number of benzene rings is 3. The third-order valence-electron chi connectivity index (χ3n) is 8.54. The zero-order chi connectivity index (χ0) is 28.4. The molecule has 41 heavy (non-hydrogen) atoms. The monoisotopic (exact) mass is 538 g/mol. The van der Waals surface area contributed by atoms with Crippen molar-refractivity contribution in [3.8, 4) is 22.8 Å². The van der Waals surface area contributed by atoms with E-state index in [2.05, 4.69) is 128 Å². The lowest BCUT2D eigenvalue weighted by molar-refractivity contribution is -0.660. The van der Waals surface area contributed by atoms with Crippen LogP contribution in [0.25, 0.3) is 49.7 Å². The number of hydrogen-bond donors (Lipinski definition) is 0. The molecule has 0 N–H and O–H groups in total. The van der Waals surface area contributed by atoms with E-state index in [1.807, 2.05) is 18.3 Å². The molecule has 7 aromatic rings. The highest BCUT2D eigenvalue weighted by atomic mass is 16.5. The van der Waals surface area contributed by atoms with E-state index >= 15 is 0 Å². The quantitative estimate of drug-likeness (QED) is 0.170. The van der Waals surface area contributed by atoms with Crippen molar-refractivity contribution in [3.63, 3.8) is 0 Å². The summed E-state index contributed by atoms with van der Waals surface area (Å²) in [6, 6.07) is 27.8. The lowest BCUT2D eigenvalue weighted by Gasteiger charge is -2.16. The predicted molar refractivity (Wildman–Crippen MR) is 166 cm³/mol. The second kappa shape index (κ2) is 9.41. The van der Waals surface area contributed by atoms with Crippen LogP contribution in [0.4, 0.5) is 0 Å². The molecule has 5 nitrogen and oxygen atoms in total. The molecule has 0 aliphatic heterocycles. The van der Waals surface area contributed by atoms with E-state index in [4.69, 9.17) is 9.72 Å². The number of ether oxygens (including phenoxy) is 1. The van der Waals surface area contributed by atoms with Crippen molar-refractivity contribution in [2.75, 3.05) is 0 Å². The molecule has 0 atom stereocenters. The summed E-state index contributed by atoms with van der Waals surface area (Å²) in [6.45, 7) is 8.80. The van der Waals surface area contributed by atoms with Crippen LogP contribution in [0.2, 0.25) is 0 Å². The largest absolute Gasteiger partial charge is 0.455 e. The molecule has 3 aromatic carbocycles. The Morgan fingerprint density at radius 1 is 0.756 bits per heavy atom. The van der Waals surface area contributed by atoms with Gasteiger partial charge in [0, 0.05) is 23.3 Å². The zero-order valence-corrected chi connectivity index (χ0v) is 24.4. The molecular weight excluding hydrogens is 504 g/mol. The molecule has 4 heterocycles. The average molecular weight is 539 g/mol. The highest BCUT2D eigenvalue weighted by Crippen LogP contribution is 2.40. The first kappa shape index (κ1) is 25.2. The summed E-state index contributed by atoms with van der Waals surface area (Å²) in [5.74, 6) is 1.96. The highest BCUT2D eigenvalue weighted by Gasteiger charge is 2.28. The molecule has 0 fully saturated rings. The van der Waals surface area contributed by atoms with E-state index in [0.717, 1.165) is 50.4 Å². The Morgan fingerprint density at radius 3 is 2.32 bits per heavy atom. The van der Waals surface area contributed by atoms with Crippen molar-refractivity contribution in [3.05, 3.63) is 108 Å². The molecule has 7 rings (SSSR count). The summed E-state index contributed by atoms with van der Waals surface area (Å²) in [7, 11) is 4.22. The van der Waals surface area contributed by atoms with Crippen LogP contribution in [0.1, 0.15) is 36.5 Å². The smallest absolute Gasteiger partial charge is 0.297 e. The number of para-hydroxylation sites is 2. The Labute approximate surface area is 239 Å². The minimum absolute atomic E-state index is 0.359. The fourth-order valence-electron chi connectivity index (χ4n) is 6.40. The van der Waals surface area contributed by atoms with E-state index < -0.39 is 0 Å². The number of hydrogen-bond acceptors (Lipinski definition) is 2. The molecule has 0 saturated heterocycles. The molecule has 202 valence electrons. The molecule has 0 amide bonds. The first-order valence-electron chi connectivity index (χ1n) is 14.2. The van der Waals surface area contributed by atoms with Gasteiger partial charge in [-0.2, -0.15) is 4.40 Å². The van der Waals surface area contributed by atoms with Crippen LogP contribution in [0.15, 0.2) is 91.3 Å². The molecule has 0 aliphatic rings. The van der Waals surface area contributed by atoms with Crippen molar-refractivity contribution in [1.82, 2.24) is 9.38 Å². The summed E-state index contributed by atoms with van der Waals surface area (Å²) < 4.78 is 13.5. The Morgan fingerprint density at radius 2 is 1.51 bits per heavy atom. The maximum Gasteiger partial charge on any atom is 0.297 e. The SMILES string of the molecule is Cc1c(Oc2cnc3c4c(C(C)C)cccc4n4c5ccccc5[n+](C)c4c3c2C)cccc1-c1cccc[n+]1C. The van der Waals surface area contributed by atoms with Crippen LogP contribution in [0, 0.1) is 13.8 Å². The predicted octanol–water partition coefficient (Wildman–Crippen LogP) is 7.64. The van der Waals surface area contributed by atoms with Gasteiger partial charge < -0.3 is 4.74 Å². The van der Waals surface area contributed by atoms with Crippen molar-refractivity contribution in [1.29, 1.82) is 0 Å². The Kier molecular flexibility index (Phi) is 5.79. The highest BCUT2D eigenvalue weighted by molar-refractivity contribution is 6.13. The number of rotatable bonds is 4. The molecule has 0 radical (unpaired) electrons. The molecule has 4 aromatic heterocycles. The van der Waals surface area contributed by atoms with Gasteiger partial charge in [0.15, 0.2) is 17.2 Å². The van der Waals surface area contributed by atoms with Gasteiger partial charge in [0.1, 0.15) is 24.1 Å². The van der Waals surface area contributed by atoms with E-state index in [1.54, 1.807) is 0 Å². The number of aromatic nitrogens is 4. The second-order valence-corrected chi connectivity index (χ2v) is 11.3. The van der Waals surface area contributed by atoms with Gasteiger partial charge in [-0.3, -0.25) is 4.98 Å². The first-order valence-corrected chi connectivity index (χ1v) is 14.2. The van der Waals surface area contributed by atoms with Gasteiger partial charge >= 0.3 is 0 Å². The fourth-order valence-corrected chi connectivity index (χ4v) is 6.40. The molecule has 0 unspecified atom stereocenters. The number of aryl methyl sites for hydroxylation is 3. The topological polar surface area (TPSA) is 34.3 Å². The van der Waals surface area contributed by atoms with Crippen LogP contribution in [0.5, 0.6) is 11.5 Å². The van der Waals surface area contributed by atoms with Gasteiger partial charge in [-0.1, -0.05) is 44.2 Å². The zero-order valence-electron chi connectivity index (χ0n) is 24.4. The summed E-state index contributed by atoms with van der Waals surface area (Å²) >= 11 is 0.